The molecule has 0 spiro atoms. The zero-order valence-electron chi connectivity index (χ0n) is 14.3. The summed E-state index contributed by atoms with van der Waals surface area (Å²) in [5, 5.41) is 0. The molecule has 0 radical (unpaired) electrons. The molecule has 1 saturated heterocycles. The highest BCUT2D eigenvalue weighted by Crippen LogP contribution is 2.18. The van der Waals surface area contributed by atoms with Crippen molar-refractivity contribution in [2.45, 2.75) is 25.7 Å². The summed E-state index contributed by atoms with van der Waals surface area (Å²) in [6.45, 7) is 4.49. The molecule has 1 aliphatic heterocycles. The molecule has 1 aliphatic rings. The first-order valence-electron chi connectivity index (χ1n) is 8.42. The molecule has 5 nitrogen and oxygen atoms in total. The normalized spacial score (nSPS) is 15.2. The first kappa shape index (κ1) is 17.6. The Balaban J connectivity index is 1.64. The number of likely N-dealkylation sites (tertiary alicyclic amines) is 1. The molecule has 0 unspecified atom stereocenters. The molecular formula is C18H28N2O3. The summed E-state index contributed by atoms with van der Waals surface area (Å²) < 4.78 is 10.8. The van der Waals surface area contributed by atoms with Crippen LogP contribution in [-0.2, 0) is 4.79 Å². The van der Waals surface area contributed by atoms with E-state index in [1.54, 1.807) is 7.11 Å². The molecule has 1 amide bonds. The third-order valence-corrected chi connectivity index (χ3v) is 4.25. The van der Waals surface area contributed by atoms with Gasteiger partial charge in [-0.25, -0.2) is 0 Å². The Hall–Kier alpha value is -1.75. The van der Waals surface area contributed by atoms with E-state index in [2.05, 4.69) is 4.90 Å². The van der Waals surface area contributed by atoms with Gasteiger partial charge in [0.2, 0.25) is 5.91 Å². The van der Waals surface area contributed by atoms with Gasteiger partial charge in [0.1, 0.15) is 11.5 Å². The average molecular weight is 320 g/mol. The van der Waals surface area contributed by atoms with Gasteiger partial charge in [0, 0.05) is 26.2 Å². The van der Waals surface area contributed by atoms with Crippen molar-refractivity contribution in [3.8, 4) is 11.5 Å². The molecule has 0 bridgehead atoms. The van der Waals surface area contributed by atoms with Gasteiger partial charge in [0.25, 0.3) is 0 Å². The van der Waals surface area contributed by atoms with Crippen LogP contribution in [0.2, 0.25) is 0 Å². The van der Waals surface area contributed by atoms with Crippen LogP contribution in [0.3, 0.4) is 0 Å². The van der Waals surface area contributed by atoms with Gasteiger partial charge in [-0.15, -0.1) is 0 Å². The number of carbonyl (C=O) groups is 1. The number of hydrogen-bond acceptors (Lipinski definition) is 4. The summed E-state index contributed by atoms with van der Waals surface area (Å²) >= 11 is 0. The maximum absolute atomic E-state index is 12.1. The van der Waals surface area contributed by atoms with Crippen LogP contribution < -0.4 is 9.47 Å². The summed E-state index contributed by atoms with van der Waals surface area (Å²) in [4.78, 5) is 16.4. The molecule has 128 valence electrons. The van der Waals surface area contributed by atoms with Gasteiger partial charge in [-0.1, -0.05) is 12.5 Å². The smallest absolute Gasteiger partial charge is 0.225 e. The Morgan fingerprint density at radius 2 is 1.96 bits per heavy atom. The quantitative estimate of drug-likeness (QED) is 0.738. The third-order valence-electron chi connectivity index (χ3n) is 4.25. The van der Waals surface area contributed by atoms with Crippen molar-refractivity contribution in [2.75, 3.05) is 46.9 Å². The standard InChI is InChI=1S/C18H28N2O3/c1-19(12-13-20-10-4-3-5-11-20)18(21)9-14-23-17-8-6-7-16(15-17)22-2/h6-8,15H,3-5,9-14H2,1-2H3. The summed E-state index contributed by atoms with van der Waals surface area (Å²) in [6.07, 6.45) is 4.30. The number of rotatable bonds is 8. The molecule has 0 atom stereocenters. The second-order valence-electron chi connectivity index (χ2n) is 6.00. The Morgan fingerprint density at radius 1 is 1.22 bits per heavy atom. The molecule has 0 aromatic heterocycles. The third kappa shape index (κ3) is 6.10. The lowest BCUT2D eigenvalue weighted by Gasteiger charge is -2.28. The molecule has 0 saturated carbocycles. The van der Waals surface area contributed by atoms with Crippen molar-refractivity contribution in [3.63, 3.8) is 0 Å². The first-order valence-corrected chi connectivity index (χ1v) is 8.42. The highest BCUT2D eigenvalue weighted by atomic mass is 16.5. The van der Waals surface area contributed by atoms with Gasteiger partial charge < -0.3 is 19.3 Å². The largest absolute Gasteiger partial charge is 0.497 e. The number of amides is 1. The Labute approximate surface area is 139 Å². The minimum atomic E-state index is 0.130. The zero-order valence-corrected chi connectivity index (χ0v) is 14.3. The van der Waals surface area contributed by atoms with Gasteiger partial charge in [-0.3, -0.25) is 4.79 Å². The zero-order chi connectivity index (χ0) is 16.5. The molecule has 1 aromatic rings. The van der Waals surface area contributed by atoms with Crippen LogP contribution >= 0.6 is 0 Å². The van der Waals surface area contributed by atoms with E-state index in [0.29, 0.717) is 13.0 Å². The minimum absolute atomic E-state index is 0.130. The summed E-state index contributed by atoms with van der Waals surface area (Å²) in [5.41, 5.74) is 0. The predicted octanol–water partition coefficient (Wildman–Crippen LogP) is 2.41. The van der Waals surface area contributed by atoms with E-state index in [4.69, 9.17) is 9.47 Å². The number of piperidine rings is 1. The van der Waals surface area contributed by atoms with Crippen LogP contribution in [0.15, 0.2) is 24.3 Å². The maximum atomic E-state index is 12.1. The van der Waals surface area contributed by atoms with Crippen LogP contribution in [0.4, 0.5) is 0 Å². The predicted molar refractivity (Wildman–Crippen MR) is 91.0 cm³/mol. The molecule has 0 aliphatic carbocycles. The number of hydrogen-bond donors (Lipinski definition) is 0. The van der Waals surface area contributed by atoms with E-state index in [-0.39, 0.29) is 5.91 Å². The van der Waals surface area contributed by atoms with Gasteiger partial charge in [-0.05, 0) is 38.1 Å². The molecule has 5 heteroatoms. The lowest BCUT2D eigenvalue weighted by molar-refractivity contribution is -0.130. The van der Waals surface area contributed by atoms with E-state index in [0.717, 1.165) is 24.6 Å². The van der Waals surface area contributed by atoms with Crippen LogP contribution in [0.25, 0.3) is 0 Å². The number of methoxy groups -OCH3 is 1. The Bertz CT molecular complexity index is 487. The molecular weight excluding hydrogens is 292 g/mol. The van der Waals surface area contributed by atoms with Crippen LogP contribution in [0, 0.1) is 0 Å². The minimum Gasteiger partial charge on any atom is -0.497 e. The number of benzene rings is 1. The summed E-state index contributed by atoms with van der Waals surface area (Å²) in [6, 6.07) is 7.44. The molecule has 1 aromatic carbocycles. The maximum Gasteiger partial charge on any atom is 0.225 e. The number of nitrogens with zero attached hydrogens (tertiary/aromatic N) is 2. The molecule has 1 heterocycles. The average Bonchev–Trinajstić information content (AvgIpc) is 2.60. The number of carbonyl (C=O) groups excluding carboxylic acids is 1. The summed E-state index contributed by atoms with van der Waals surface area (Å²) in [5.74, 6) is 1.62. The molecule has 0 N–H and O–H groups in total. The van der Waals surface area contributed by atoms with Gasteiger partial charge in [0.05, 0.1) is 20.1 Å². The fourth-order valence-corrected chi connectivity index (χ4v) is 2.74. The number of ether oxygens (including phenoxy) is 2. The summed E-state index contributed by atoms with van der Waals surface area (Å²) in [7, 11) is 3.50. The van der Waals surface area contributed by atoms with Gasteiger partial charge in [-0.2, -0.15) is 0 Å². The fourth-order valence-electron chi connectivity index (χ4n) is 2.74. The van der Waals surface area contributed by atoms with Crippen molar-refractivity contribution >= 4 is 5.91 Å². The van der Waals surface area contributed by atoms with E-state index in [1.807, 2.05) is 36.2 Å². The van der Waals surface area contributed by atoms with Crippen molar-refractivity contribution in [2.24, 2.45) is 0 Å². The lowest BCUT2D eigenvalue weighted by atomic mass is 10.1. The highest BCUT2D eigenvalue weighted by Gasteiger charge is 2.13. The van der Waals surface area contributed by atoms with Crippen LogP contribution in [0.1, 0.15) is 25.7 Å². The second-order valence-corrected chi connectivity index (χ2v) is 6.00. The number of likely N-dealkylation sites (N-methyl/N-ethyl adjacent to an activating group) is 1. The highest BCUT2D eigenvalue weighted by molar-refractivity contribution is 5.75. The monoisotopic (exact) mass is 320 g/mol. The van der Waals surface area contributed by atoms with Crippen molar-refractivity contribution in [3.05, 3.63) is 24.3 Å². The molecule has 1 fully saturated rings. The fraction of sp³-hybridized carbons (Fsp3) is 0.611. The second kappa shape index (κ2) is 9.40. The van der Waals surface area contributed by atoms with Gasteiger partial charge in [0.15, 0.2) is 0 Å². The van der Waals surface area contributed by atoms with Crippen LogP contribution in [0.5, 0.6) is 11.5 Å². The SMILES string of the molecule is COc1cccc(OCCC(=O)N(C)CCN2CCCCC2)c1. The van der Waals surface area contributed by atoms with E-state index < -0.39 is 0 Å². The van der Waals surface area contributed by atoms with E-state index in [9.17, 15) is 4.79 Å². The molecule has 2 rings (SSSR count). The van der Waals surface area contributed by atoms with Crippen LogP contribution in [-0.4, -0.2) is 62.7 Å². The Morgan fingerprint density at radius 3 is 2.70 bits per heavy atom. The van der Waals surface area contributed by atoms with E-state index >= 15 is 0 Å². The Kier molecular flexibility index (Phi) is 7.20. The van der Waals surface area contributed by atoms with Crippen molar-refractivity contribution in [1.29, 1.82) is 0 Å². The van der Waals surface area contributed by atoms with E-state index in [1.165, 1.54) is 32.4 Å². The van der Waals surface area contributed by atoms with Crippen molar-refractivity contribution < 1.29 is 14.3 Å². The molecule has 23 heavy (non-hydrogen) atoms. The topological polar surface area (TPSA) is 42.0 Å². The first-order chi connectivity index (χ1) is 11.2. The lowest BCUT2D eigenvalue weighted by Crippen LogP contribution is -2.39. The van der Waals surface area contributed by atoms with Crippen molar-refractivity contribution in [1.82, 2.24) is 9.80 Å². The van der Waals surface area contributed by atoms with Gasteiger partial charge >= 0.3 is 0 Å².